The quantitative estimate of drug-likeness (QED) is 0.287. The first-order valence-electron chi connectivity index (χ1n) is 5.45. The van der Waals surface area contributed by atoms with E-state index >= 15 is 0 Å². The number of aromatic amines is 1. The standard InChI is InChI=1S/C11H16N4O4/c1-18-4-3-13-11(12)15-8-5-7(10(17)19-2)6-14-9(8)16/h5-6H,3-4H2,1-2H3,(H,14,16)(H3,12,13,15). The van der Waals surface area contributed by atoms with Crippen LogP contribution in [-0.2, 0) is 9.47 Å². The van der Waals surface area contributed by atoms with E-state index in [9.17, 15) is 9.59 Å². The number of nitrogens with one attached hydrogen (secondary N) is 2. The van der Waals surface area contributed by atoms with Crippen LogP contribution in [0.5, 0.6) is 0 Å². The average Bonchev–Trinajstić information content (AvgIpc) is 2.40. The highest BCUT2D eigenvalue weighted by Gasteiger charge is 2.09. The molecule has 0 amide bonds. The van der Waals surface area contributed by atoms with Gasteiger partial charge in [-0.3, -0.25) is 9.79 Å². The van der Waals surface area contributed by atoms with Crippen molar-refractivity contribution in [2.75, 3.05) is 32.7 Å². The van der Waals surface area contributed by atoms with E-state index in [1.165, 1.54) is 19.4 Å². The summed E-state index contributed by atoms with van der Waals surface area (Å²) in [4.78, 5) is 29.2. The summed E-state index contributed by atoms with van der Waals surface area (Å²) >= 11 is 0. The number of methoxy groups -OCH3 is 2. The number of ether oxygens (including phenoxy) is 2. The molecule has 0 atom stereocenters. The molecule has 8 nitrogen and oxygen atoms in total. The van der Waals surface area contributed by atoms with Crippen molar-refractivity contribution in [1.29, 1.82) is 0 Å². The summed E-state index contributed by atoms with van der Waals surface area (Å²) in [5, 5.41) is 2.61. The third-order valence-electron chi connectivity index (χ3n) is 2.16. The van der Waals surface area contributed by atoms with E-state index in [2.05, 4.69) is 20.0 Å². The minimum Gasteiger partial charge on any atom is -0.465 e. The van der Waals surface area contributed by atoms with Gasteiger partial charge in [0.2, 0.25) is 0 Å². The summed E-state index contributed by atoms with van der Waals surface area (Å²) in [5.74, 6) is -0.501. The molecule has 19 heavy (non-hydrogen) atoms. The average molecular weight is 268 g/mol. The van der Waals surface area contributed by atoms with Crippen LogP contribution in [0.1, 0.15) is 10.4 Å². The lowest BCUT2D eigenvalue weighted by Crippen LogP contribution is -2.27. The zero-order valence-electron chi connectivity index (χ0n) is 10.7. The molecule has 0 spiro atoms. The van der Waals surface area contributed by atoms with Crippen molar-refractivity contribution in [3.05, 3.63) is 28.2 Å². The molecule has 0 unspecified atom stereocenters. The molecule has 0 aliphatic carbocycles. The van der Waals surface area contributed by atoms with E-state index < -0.39 is 11.5 Å². The number of rotatable bonds is 5. The van der Waals surface area contributed by atoms with Crippen molar-refractivity contribution in [1.82, 2.24) is 4.98 Å². The van der Waals surface area contributed by atoms with Gasteiger partial charge in [-0.25, -0.2) is 4.79 Å². The summed E-state index contributed by atoms with van der Waals surface area (Å²) in [7, 11) is 2.80. The Morgan fingerprint density at radius 2 is 2.26 bits per heavy atom. The summed E-state index contributed by atoms with van der Waals surface area (Å²) in [6, 6.07) is 1.34. The summed E-state index contributed by atoms with van der Waals surface area (Å²) in [6.45, 7) is 0.783. The van der Waals surface area contributed by atoms with Gasteiger partial charge in [0.15, 0.2) is 5.96 Å². The zero-order valence-corrected chi connectivity index (χ0v) is 10.7. The highest BCUT2D eigenvalue weighted by molar-refractivity contribution is 5.94. The molecule has 0 saturated heterocycles. The summed E-state index contributed by atoms with van der Waals surface area (Å²) in [6.07, 6.45) is 1.26. The Hall–Kier alpha value is -2.35. The van der Waals surface area contributed by atoms with Crippen LogP contribution >= 0.6 is 0 Å². The number of esters is 1. The van der Waals surface area contributed by atoms with Crippen LogP contribution in [0.15, 0.2) is 22.1 Å². The van der Waals surface area contributed by atoms with Gasteiger partial charge in [0, 0.05) is 13.3 Å². The first-order valence-corrected chi connectivity index (χ1v) is 5.45. The first kappa shape index (κ1) is 14.7. The van der Waals surface area contributed by atoms with Gasteiger partial charge in [0.05, 0.1) is 25.8 Å². The Balaban J connectivity index is 2.85. The van der Waals surface area contributed by atoms with Crippen LogP contribution in [0, 0.1) is 0 Å². The molecular weight excluding hydrogens is 252 g/mol. The highest BCUT2D eigenvalue weighted by Crippen LogP contribution is 2.04. The molecule has 0 aliphatic rings. The van der Waals surface area contributed by atoms with Gasteiger partial charge in [-0.2, -0.15) is 0 Å². The molecule has 1 heterocycles. The number of hydrogen-bond donors (Lipinski definition) is 3. The predicted molar refractivity (Wildman–Crippen MR) is 70.4 cm³/mol. The first-order chi connectivity index (χ1) is 9.08. The fraction of sp³-hybridized carbons (Fsp3) is 0.364. The van der Waals surface area contributed by atoms with Crippen molar-refractivity contribution in [2.45, 2.75) is 0 Å². The second-order valence-corrected chi connectivity index (χ2v) is 3.51. The summed E-state index contributed by atoms with van der Waals surface area (Å²) in [5.41, 5.74) is 5.49. The minimum atomic E-state index is -0.561. The molecule has 0 bridgehead atoms. The maximum absolute atomic E-state index is 11.5. The van der Waals surface area contributed by atoms with Crippen LogP contribution in [0.3, 0.4) is 0 Å². The summed E-state index contributed by atoms with van der Waals surface area (Å²) < 4.78 is 9.36. The fourth-order valence-corrected chi connectivity index (χ4v) is 1.25. The lowest BCUT2D eigenvalue weighted by molar-refractivity contribution is 0.0600. The molecule has 0 radical (unpaired) electrons. The molecule has 1 rings (SSSR count). The Morgan fingerprint density at radius 1 is 1.53 bits per heavy atom. The lowest BCUT2D eigenvalue weighted by atomic mass is 10.2. The number of nitrogens with zero attached hydrogens (tertiary/aromatic N) is 1. The fourth-order valence-electron chi connectivity index (χ4n) is 1.25. The Kier molecular flexibility index (Phi) is 5.55. The molecule has 0 saturated carbocycles. The van der Waals surface area contributed by atoms with Gasteiger partial charge in [-0.05, 0) is 6.07 Å². The van der Waals surface area contributed by atoms with E-state index in [0.717, 1.165) is 0 Å². The van der Waals surface area contributed by atoms with Crippen molar-refractivity contribution >= 4 is 17.6 Å². The largest absolute Gasteiger partial charge is 0.465 e. The topological polar surface area (TPSA) is 119 Å². The van der Waals surface area contributed by atoms with Crippen molar-refractivity contribution in [2.24, 2.45) is 10.7 Å². The third-order valence-corrected chi connectivity index (χ3v) is 2.16. The molecule has 4 N–H and O–H groups in total. The van der Waals surface area contributed by atoms with Crippen LogP contribution in [-0.4, -0.2) is 44.3 Å². The number of pyridine rings is 1. The zero-order chi connectivity index (χ0) is 14.3. The smallest absolute Gasteiger partial charge is 0.339 e. The number of guanidine groups is 1. The maximum Gasteiger partial charge on any atom is 0.339 e. The number of anilines is 1. The maximum atomic E-state index is 11.5. The van der Waals surface area contributed by atoms with Crippen LogP contribution in [0.2, 0.25) is 0 Å². The number of aromatic nitrogens is 1. The molecule has 1 aromatic rings. The third kappa shape index (κ3) is 4.43. The van der Waals surface area contributed by atoms with Gasteiger partial charge in [0.1, 0.15) is 5.69 Å². The predicted octanol–water partition coefficient (Wildman–Crippen LogP) is -0.465. The lowest BCUT2D eigenvalue weighted by Gasteiger charge is -2.06. The number of hydrogen-bond acceptors (Lipinski definition) is 5. The molecule has 0 fully saturated rings. The molecule has 104 valence electrons. The van der Waals surface area contributed by atoms with Gasteiger partial charge in [-0.1, -0.05) is 0 Å². The van der Waals surface area contributed by atoms with Crippen molar-refractivity contribution in [3.63, 3.8) is 0 Å². The number of carbonyl (C=O) groups is 1. The van der Waals surface area contributed by atoms with Crippen LogP contribution in [0.25, 0.3) is 0 Å². The SMILES string of the molecule is COCCN=C(N)Nc1cc(C(=O)OC)c[nH]c1=O. The molecule has 0 aromatic carbocycles. The van der Waals surface area contributed by atoms with Crippen molar-refractivity contribution in [3.8, 4) is 0 Å². The monoisotopic (exact) mass is 268 g/mol. The number of carbonyl (C=O) groups excluding carboxylic acids is 1. The van der Waals surface area contributed by atoms with Gasteiger partial charge in [-0.15, -0.1) is 0 Å². The minimum absolute atomic E-state index is 0.0598. The van der Waals surface area contributed by atoms with Crippen LogP contribution < -0.4 is 16.6 Å². The number of aliphatic imine (C=N–C) groups is 1. The second-order valence-electron chi connectivity index (χ2n) is 3.51. The molecule has 8 heteroatoms. The second kappa shape index (κ2) is 7.17. The van der Waals surface area contributed by atoms with E-state index in [4.69, 9.17) is 10.5 Å². The number of nitrogens with two attached hydrogens (primary N) is 1. The van der Waals surface area contributed by atoms with E-state index in [1.807, 2.05) is 0 Å². The van der Waals surface area contributed by atoms with Crippen LogP contribution in [0.4, 0.5) is 5.69 Å². The molecular formula is C11H16N4O4. The van der Waals surface area contributed by atoms with E-state index in [0.29, 0.717) is 13.2 Å². The van der Waals surface area contributed by atoms with E-state index in [1.54, 1.807) is 7.11 Å². The highest BCUT2D eigenvalue weighted by atomic mass is 16.5. The Morgan fingerprint density at radius 3 is 2.89 bits per heavy atom. The number of H-pyrrole nitrogens is 1. The molecule has 1 aromatic heterocycles. The van der Waals surface area contributed by atoms with E-state index in [-0.39, 0.29) is 17.2 Å². The Labute approximate surface area is 109 Å². The van der Waals surface area contributed by atoms with Gasteiger partial charge < -0.3 is 25.5 Å². The normalized spacial score (nSPS) is 11.2. The van der Waals surface area contributed by atoms with Crippen molar-refractivity contribution < 1.29 is 14.3 Å². The van der Waals surface area contributed by atoms with Gasteiger partial charge in [0.25, 0.3) is 5.56 Å². The van der Waals surface area contributed by atoms with Gasteiger partial charge >= 0.3 is 5.97 Å². The Bertz CT molecular complexity index is 524. The molecule has 0 aliphatic heterocycles.